The van der Waals surface area contributed by atoms with Gasteiger partial charge < -0.3 is 16.0 Å². The number of nitrogens with one attached hydrogen (secondary N) is 3. The fourth-order valence-corrected chi connectivity index (χ4v) is 3.83. The van der Waals surface area contributed by atoms with Crippen molar-refractivity contribution in [1.29, 1.82) is 0 Å². The van der Waals surface area contributed by atoms with Crippen LogP contribution in [0, 0.1) is 12.8 Å². The number of hydrogen-bond acceptors (Lipinski definition) is 4. The second kappa shape index (κ2) is 13.3. The summed E-state index contributed by atoms with van der Waals surface area (Å²) in [5.74, 6) is 1.57. The van der Waals surface area contributed by atoms with Crippen molar-refractivity contribution in [3.63, 3.8) is 0 Å². The van der Waals surface area contributed by atoms with E-state index in [-0.39, 0.29) is 29.9 Å². The van der Waals surface area contributed by atoms with Gasteiger partial charge in [0.1, 0.15) is 0 Å². The smallest absolute Gasteiger partial charge is 0.220 e. The van der Waals surface area contributed by atoms with Crippen molar-refractivity contribution in [3.05, 3.63) is 16.1 Å². The van der Waals surface area contributed by atoms with Gasteiger partial charge in [-0.25, -0.2) is 4.98 Å². The summed E-state index contributed by atoms with van der Waals surface area (Å²) in [6.45, 7) is 6.94. The highest BCUT2D eigenvalue weighted by Crippen LogP contribution is 2.27. The number of hydrogen-bond donors (Lipinski definition) is 3. The largest absolute Gasteiger partial charge is 0.357 e. The van der Waals surface area contributed by atoms with Gasteiger partial charge in [-0.05, 0) is 32.6 Å². The lowest BCUT2D eigenvalue weighted by atomic mass is 10.0. The Balaban J connectivity index is 0.00000338. The first-order chi connectivity index (χ1) is 12.2. The Morgan fingerprint density at radius 3 is 2.65 bits per heavy atom. The number of halogens is 1. The lowest BCUT2D eigenvalue weighted by molar-refractivity contribution is -0.121. The van der Waals surface area contributed by atoms with Gasteiger partial charge in [-0.15, -0.1) is 35.3 Å². The van der Waals surface area contributed by atoms with E-state index in [1.165, 1.54) is 30.6 Å². The Bertz CT molecular complexity index is 558. The first kappa shape index (κ1) is 23.1. The molecule has 0 bridgehead atoms. The van der Waals surface area contributed by atoms with Crippen molar-refractivity contribution >= 4 is 47.2 Å². The Morgan fingerprint density at radius 1 is 1.27 bits per heavy atom. The molecule has 1 aromatic rings. The maximum absolute atomic E-state index is 11.9. The number of thiazole rings is 1. The van der Waals surface area contributed by atoms with Crippen molar-refractivity contribution in [2.45, 2.75) is 52.4 Å². The molecule has 0 saturated heterocycles. The third-order valence-electron chi connectivity index (χ3n) is 4.30. The van der Waals surface area contributed by atoms with E-state index in [4.69, 9.17) is 0 Å². The van der Waals surface area contributed by atoms with Crippen LogP contribution in [0.2, 0.25) is 0 Å². The van der Waals surface area contributed by atoms with Crippen molar-refractivity contribution in [2.75, 3.05) is 26.2 Å². The molecule has 6 nitrogen and oxygen atoms in total. The van der Waals surface area contributed by atoms with Gasteiger partial charge in [0.05, 0.1) is 5.01 Å². The third kappa shape index (κ3) is 9.16. The summed E-state index contributed by atoms with van der Waals surface area (Å²) < 4.78 is 0. The van der Waals surface area contributed by atoms with Crippen LogP contribution in [0.15, 0.2) is 11.2 Å². The highest BCUT2D eigenvalue weighted by Gasteiger charge is 2.17. The molecule has 3 N–H and O–H groups in total. The van der Waals surface area contributed by atoms with Crippen LogP contribution >= 0.6 is 35.3 Å². The summed E-state index contributed by atoms with van der Waals surface area (Å²) in [5.41, 5.74) is 0. The maximum Gasteiger partial charge on any atom is 0.220 e. The molecule has 2 rings (SSSR count). The average molecular weight is 493 g/mol. The van der Waals surface area contributed by atoms with E-state index in [1.807, 2.05) is 13.1 Å². The van der Waals surface area contributed by atoms with E-state index in [1.54, 1.807) is 11.3 Å². The third-order valence-corrected chi connectivity index (χ3v) is 5.27. The number of amides is 1. The number of carbonyl (C=O) groups excluding carboxylic acids is 1. The normalized spacial score (nSPS) is 14.8. The maximum atomic E-state index is 11.9. The van der Waals surface area contributed by atoms with Crippen LogP contribution in [-0.2, 0) is 11.2 Å². The minimum absolute atomic E-state index is 0. The number of rotatable bonds is 9. The predicted molar refractivity (Wildman–Crippen MR) is 120 cm³/mol. The molecule has 0 atom stereocenters. The highest BCUT2D eigenvalue weighted by molar-refractivity contribution is 14.0. The average Bonchev–Trinajstić information content (AvgIpc) is 3.23. The molecule has 8 heteroatoms. The number of carbonyl (C=O) groups is 1. The van der Waals surface area contributed by atoms with Gasteiger partial charge in [-0.3, -0.25) is 9.79 Å². The number of nitrogens with zero attached hydrogens (tertiary/aromatic N) is 2. The van der Waals surface area contributed by atoms with E-state index in [9.17, 15) is 4.79 Å². The molecule has 0 aliphatic heterocycles. The van der Waals surface area contributed by atoms with Gasteiger partial charge in [0.25, 0.3) is 0 Å². The van der Waals surface area contributed by atoms with Crippen molar-refractivity contribution in [3.8, 4) is 0 Å². The molecule has 1 saturated carbocycles. The highest BCUT2D eigenvalue weighted by atomic mass is 127. The van der Waals surface area contributed by atoms with Crippen molar-refractivity contribution in [1.82, 2.24) is 20.9 Å². The summed E-state index contributed by atoms with van der Waals surface area (Å²) in [7, 11) is 0. The molecule has 1 amide bonds. The topological polar surface area (TPSA) is 78.4 Å². The first-order valence-corrected chi connectivity index (χ1v) is 10.2. The van der Waals surface area contributed by atoms with Crippen LogP contribution < -0.4 is 16.0 Å². The molecule has 26 heavy (non-hydrogen) atoms. The second-order valence-electron chi connectivity index (χ2n) is 6.51. The van der Waals surface area contributed by atoms with Crippen LogP contribution in [0.25, 0.3) is 0 Å². The van der Waals surface area contributed by atoms with E-state index >= 15 is 0 Å². The summed E-state index contributed by atoms with van der Waals surface area (Å²) in [6.07, 6.45) is 8.42. The summed E-state index contributed by atoms with van der Waals surface area (Å²) in [5, 5.41) is 10.6. The Kier molecular flexibility index (Phi) is 11.8. The SMILES string of the molecule is CCNC(=NCCc1ncc(C)s1)NCCNC(=O)CC1CCCC1.I. The molecule has 1 heterocycles. The Labute approximate surface area is 178 Å². The van der Waals surface area contributed by atoms with Crippen LogP contribution in [0.5, 0.6) is 0 Å². The molecule has 148 valence electrons. The zero-order chi connectivity index (χ0) is 17.9. The van der Waals surface area contributed by atoms with Gasteiger partial charge >= 0.3 is 0 Å². The zero-order valence-electron chi connectivity index (χ0n) is 15.8. The summed E-state index contributed by atoms with van der Waals surface area (Å²) >= 11 is 1.72. The quantitative estimate of drug-likeness (QED) is 0.214. The van der Waals surface area contributed by atoms with Crippen LogP contribution in [0.4, 0.5) is 0 Å². The number of aryl methyl sites for hydroxylation is 1. The molecule has 0 spiro atoms. The molecule has 0 radical (unpaired) electrons. The number of guanidine groups is 1. The summed E-state index contributed by atoms with van der Waals surface area (Å²) in [6, 6.07) is 0. The van der Waals surface area contributed by atoms with Crippen LogP contribution in [0.1, 0.15) is 48.9 Å². The minimum atomic E-state index is 0. The van der Waals surface area contributed by atoms with E-state index < -0.39 is 0 Å². The lowest BCUT2D eigenvalue weighted by Gasteiger charge is -2.13. The molecular weight excluding hydrogens is 461 g/mol. The van der Waals surface area contributed by atoms with Crippen molar-refractivity contribution in [2.24, 2.45) is 10.9 Å². The van der Waals surface area contributed by atoms with E-state index in [2.05, 4.69) is 32.9 Å². The van der Waals surface area contributed by atoms with Crippen LogP contribution in [-0.4, -0.2) is 43.0 Å². The Morgan fingerprint density at radius 2 is 2.00 bits per heavy atom. The molecule has 1 aliphatic carbocycles. The van der Waals surface area contributed by atoms with E-state index in [0.717, 1.165) is 23.9 Å². The fourth-order valence-electron chi connectivity index (χ4n) is 3.05. The first-order valence-electron chi connectivity index (χ1n) is 9.37. The molecular formula is C18H32IN5OS. The number of aliphatic imine (C=N–C) groups is 1. The standard InChI is InChI=1S/C18H31N5OS.HI/c1-3-19-18(21-9-8-17-23-13-14(2)25-17)22-11-10-20-16(24)12-15-6-4-5-7-15;/h13,15H,3-12H2,1-2H3,(H,20,24)(H2,19,21,22);1H. The van der Waals surface area contributed by atoms with Gasteiger partial charge in [-0.1, -0.05) is 12.8 Å². The molecule has 1 aliphatic rings. The molecule has 0 unspecified atom stereocenters. The fraction of sp³-hybridized carbons (Fsp3) is 0.722. The van der Waals surface area contributed by atoms with Gasteiger partial charge in [0, 0.05) is 50.1 Å². The van der Waals surface area contributed by atoms with Crippen molar-refractivity contribution < 1.29 is 4.79 Å². The van der Waals surface area contributed by atoms with Crippen LogP contribution in [0.3, 0.4) is 0 Å². The minimum Gasteiger partial charge on any atom is -0.357 e. The monoisotopic (exact) mass is 493 g/mol. The Hall–Kier alpha value is -0.900. The van der Waals surface area contributed by atoms with Gasteiger partial charge in [0.2, 0.25) is 5.91 Å². The predicted octanol–water partition coefficient (Wildman–Crippen LogP) is 2.86. The molecule has 1 fully saturated rings. The number of aromatic nitrogens is 1. The van der Waals surface area contributed by atoms with Gasteiger partial charge in [0.15, 0.2) is 5.96 Å². The molecule has 0 aromatic carbocycles. The molecule has 1 aromatic heterocycles. The summed E-state index contributed by atoms with van der Waals surface area (Å²) in [4.78, 5) is 22.1. The zero-order valence-corrected chi connectivity index (χ0v) is 19.0. The van der Waals surface area contributed by atoms with E-state index in [0.29, 0.717) is 32.0 Å². The second-order valence-corrected chi connectivity index (χ2v) is 7.83. The lowest BCUT2D eigenvalue weighted by Crippen LogP contribution is -2.41. The van der Waals surface area contributed by atoms with Gasteiger partial charge in [-0.2, -0.15) is 0 Å².